The summed E-state index contributed by atoms with van der Waals surface area (Å²) in [5, 5.41) is 11.1. The summed E-state index contributed by atoms with van der Waals surface area (Å²) in [6.45, 7) is 1.59. The van der Waals surface area contributed by atoms with Crippen LogP contribution < -0.4 is 0 Å². The molecule has 106 valence electrons. The largest absolute Gasteiger partial charge is 0.374 e. The first kappa shape index (κ1) is 14.6. The Labute approximate surface area is 120 Å². The van der Waals surface area contributed by atoms with Crippen molar-refractivity contribution in [2.45, 2.75) is 44.6 Å². The minimum absolute atomic E-state index is 0.107. The van der Waals surface area contributed by atoms with Crippen molar-refractivity contribution in [3.05, 3.63) is 35.9 Å². The lowest BCUT2D eigenvalue weighted by atomic mass is 9.73. The van der Waals surface area contributed by atoms with Gasteiger partial charge in [0.15, 0.2) is 5.60 Å². The van der Waals surface area contributed by atoms with Crippen molar-refractivity contribution in [1.29, 1.82) is 0 Å². The molecule has 20 heavy (non-hydrogen) atoms. The first-order valence-electron chi connectivity index (χ1n) is 7.10. The summed E-state index contributed by atoms with van der Waals surface area (Å²) in [7, 11) is 0. The molecule has 1 atom stereocenters. The number of aliphatic hydroxyl groups is 1. The van der Waals surface area contributed by atoms with E-state index in [1.807, 2.05) is 18.2 Å². The Morgan fingerprint density at radius 3 is 2.50 bits per heavy atom. The molecule has 1 saturated carbocycles. The molecule has 3 nitrogen and oxygen atoms in total. The van der Waals surface area contributed by atoms with Crippen molar-refractivity contribution < 1.29 is 14.6 Å². The van der Waals surface area contributed by atoms with E-state index in [1.165, 1.54) is 0 Å². The van der Waals surface area contributed by atoms with Gasteiger partial charge in [-0.1, -0.05) is 55.5 Å². The summed E-state index contributed by atoms with van der Waals surface area (Å²) < 4.78 is 4.91. The lowest BCUT2D eigenvalue weighted by Crippen LogP contribution is -2.44. The second-order valence-electron chi connectivity index (χ2n) is 5.21. The molecule has 1 aliphatic carbocycles. The van der Waals surface area contributed by atoms with E-state index in [4.69, 9.17) is 4.74 Å². The molecule has 0 aromatic heterocycles. The number of ether oxygens (including phenoxy) is 1. The molecule has 0 spiro atoms. The Morgan fingerprint density at radius 1 is 1.25 bits per heavy atom. The molecule has 1 unspecified atom stereocenters. The first-order chi connectivity index (χ1) is 9.69. The molecule has 3 heteroatoms. The molecule has 1 aliphatic rings. The Hall–Kier alpha value is -1.79. The van der Waals surface area contributed by atoms with Gasteiger partial charge >= 0.3 is 5.97 Å². The fraction of sp³-hybridized carbons (Fsp3) is 0.471. The molecule has 1 aromatic carbocycles. The average Bonchev–Trinajstić information content (AvgIpc) is 2.53. The molecule has 0 aliphatic heterocycles. The number of carbonyl (C=O) groups excluding carboxylic acids is 1. The number of benzene rings is 1. The lowest BCUT2D eigenvalue weighted by molar-refractivity contribution is -0.168. The highest BCUT2D eigenvalue weighted by molar-refractivity contribution is 5.82. The second kappa shape index (κ2) is 6.58. The smallest absolute Gasteiger partial charge is 0.357 e. The third-order valence-corrected chi connectivity index (χ3v) is 3.97. The minimum Gasteiger partial charge on any atom is -0.374 e. The highest BCUT2D eigenvalue weighted by atomic mass is 16.5. The molecular formula is C17H20O3. The van der Waals surface area contributed by atoms with Crippen LogP contribution in [0.5, 0.6) is 0 Å². The summed E-state index contributed by atoms with van der Waals surface area (Å²) >= 11 is 0. The third-order valence-electron chi connectivity index (χ3n) is 3.97. The van der Waals surface area contributed by atoms with Crippen LogP contribution in [0.4, 0.5) is 0 Å². The first-order valence-corrected chi connectivity index (χ1v) is 7.10. The maximum atomic E-state index is 12.3. The number of hydrogen-bond donors (Lipinski definition) is 1. The molecule has 0 saturated heterocycles. The molecule has 0 bridgehead atoms. The van der Waals surface area contributed by atoms with E-state index < -0.39 is 11.6 Å². The average molecular weight is 272 g/mol. The number of hydrogen-bond acceptors (Lipinski definition) is 3. The number of carbonyl (C=O) groups is 1. The second-order valence-corrected chi connectivity index (χ2v) is 5.21. The monoisotopic (exact) mass is 272 g/mol. The fourth-order valence-corrected chi connectivity index (χ4v) is 2.91. The van der Waals surface area contributed by atoms with E-state index in [2.05, 4.69) is 12.0 Å². The van der Waals surface area contributed by atoms with Gasteiger partial charge in [-0.2, -0.15) is 0 Å². The van der Waals surface area contributed by atoms with E-state index >= 15 is 0 Å². The van der Waals surface area contributed by atoms with Crippen LogP contribution in [0.1, 0.15) is 44.6 Å². The van der Waals surface area contributed by atoms with Crippen molar-refractivity contribution >= 4 is 5.97 Å². The van der Waals surface area contributed by atoms with Crippen molar-refractivity contribution in [1.82, 2.24) is 0 Å². The van der Waals surface area contributed by atoms with Gasteiger partial charge in [0.1, 0.15) is 6.11 Å². The zero-order chi connectivity index (χ0) is 14.4. The standard InChI is InChI=1S/C17H20O3/c1-2-13-20-16(18)17(19,14-9-5-3-6-10-14)15-11-7-4-8-12-15/h3,5-6,9-10,15,19H,4,7-8,11-12H2,1H3. The zero-order valence-corrected chi connectivity index (χ0v) is 11.8. The van der Waals surface area contributed by atoms with Crippen LogP contribution in [0.15, 0.2) is 30.3 Å². The molecule has 0 radical (unpaired) electrons. The molecular weight excluding hydrogens is 252 g/mol. The van der Waals surface area contributed by atoms with Crippen molar-refractivity contribution in [2.75, 3.05) is 0 Å². The van der Waals surface area contributed by atoms with Gasteiger partial charge in [0.2, 0.25) is 0 Å². The third kappa shape index (κ3) is 2.86. The molecule has 0 heterocycles. The topological polar surface area (TPSA) is 46.5 Å². The highest BCUT2D eigenvalue weighted by Crippen LogP contribution is 2.40. The van der Waals surface area contributed by atoms with Gasteiger partial charge in [0.25, 0.3) is 0 Å². The molecule has 0 amide bonds. The Kier molecular flexibility index (Phi) is 4.81. The fourth-order valence-electron chi connectivity index (χ4n) is 2.91. The van der Waals surface area contributed by atoms with Crippen molar-refractivity contribution in [3.63, 3.8) is 0 Å². The molecule has 1 aromatic rings. The van der Waals surface area contributed by atoms with E-state index in [0.717, 1.165) is 32.1 Å². The van der Waals surface area contributed by atoms with Gasteiger partial charge in [-0.15, -0.1) is 0 Å². The number of esters is 1. The van der Waals surface area contributed by atoms with E-state index in [9.17, 15) is 9.90 Å². The molecule has 1 fully saturated rings. The van der Waals surface area contributed by atoms with Gasteiger partial charge in [-0.05, 0) is 18.4 Å². The summed E-state index contributed by atoms with van der Waals surface area (Å²) in [4.78, 5) is 12.3. The lowest BCUT2D eigenvalue weighted by Gasteiger charge is -2.36. The molecule has 1 N–H and O–H groups in total. The highest BCUT2D eigenvalue weighted by Gasteiger charge is 2.47. The summed E-state index contributed by atoms with van der Waals surface area (Å²) in [5.41, 5.74) is -0.999. The molecule has 2 rings (SSSR count). The Bertz CT molecular complexity index is 506. The Morgan fingerprint density at radius 2 is 1.90 bits per heavy atom. The summed E-state index contributed by atoms with van der Waals surface area (Å²) in [5.74, 6) is 1.75. The minimum atomic E-state index is -1.59. The van der Waals surface area contributed by atoms with E-state index in [-0.39, 0.29) is 5.92 Å². The maximum absolute atomic E-state index is 12.3. The van der Waals surface area contributed by atoms with Crippen molar-refractivity contribution in [3.8, 4) is 12.0 Å². The summed E-state index contributed by atoms with van der Waals surface area (Å²) in [6, 6.07) is 9.05. The number of rotatable bonds is 3. The van der Waals surface area contributed by atoms with Crippen LogP contribution in [-0.4, -0.2) is 11.1 Å². The van der Waals surface area contributed by atoms with Crippen LogP contribution in [0.2, 0.25) is 0 Å². The SMILES string of the molecule is CC#COC(=O)C(O)(c1ccccc1)C1CCCCC1. The van der Waals surface area contributed by atoms with Crippen LogP contribution in [0, 0.1) is 17.9 Å². The predicted octanol–water partition coefficient (Wildman–Crippen LogP) is 2.98. The van der Waals surface area contributed by atoms with Gasteiger partial charge < -0.3 is 9.84 Å². The van der Waals surface area contributed by atoms with E-state index in [1.54, 1.807) is 19.1 Å². The van der Waals surface area contributed by atoms with Gasteiger partial charge in [0.05, 0.1) is 0 Å². The van der Waals surface area contributed by atoms with Crippen LogP contribution in [-0.2, 0) is 15.1 Å². The summed E-state index contributed by atoms with van der Waals surface area (Å²) in [6.07, 6.45) is 7.20. The predicted molar refractivity (Wildman–Crippen MR) is 76.5 cm³/mol. The normalized spacial score (nSPS) is 18.5. The van der Waals surface area contributed by atoms with Gasteiger partial charge in [-0.3, -0.25) is 0 Å². The quantitative estimate of drug-likeness (QED) is 0.679. The van der Waals surface area contributed by atoms with Crippen molar-refractivity contribution in [2.24, 2.45) is 5.92 Å². The van der Waals surface area contributed by atoms with Gasteiger partial charge in [-0.25, -0.2) is 4.79 Å². The van der Waals surface area contributed by atoms with Crippen LogP contribution >= 0.6 is 0 Å². The maximum Gasteiger partial charge on any atom is 0.357 e. The van der Waals surface area contributed by atoms with Crippen LogP contribution in [0.3, 0.4) is 0 Å². The Balaban J connectivity index is 2.35. The van der Waals surface area contributed by atoms with E-state index in [0.29, 0.717) is 5.56 Å². The van der Waals surface area contributed by atoms with Crippen LogP contribution in [0.25, 0.3) is 0 Å². The zero-order valence-electron chi connectivity index (χ0n) is 11.8. The van der Waals surface area contributed by atoms with Gasteiger partial charge in [0, 0.05) is 12.8 Å².